The molecule has 0 amide bonds. The SMILES string of the molecule is CC(=O)SCCC=Cc1cc(Cl)ncc1Br. The number of hydrogen-bond donors (Lipinski definition) is 0. The van der Waals surface area contributed by atoms with Gasteiger partial charge in [-0.15, -0.1) is 0 Å². The molecule has 1 rings (SSSR count). The number of carbonyl (C=O) groups excluding carboxylic acids is 1. The van der Waals surface area contributed by atoms with Crippen molar-refractivity contribution in [3.63, 3.8) is 0 Å². The number of halogens is 2. The van der Waals surface area contributed by atoms with Gasteiger partial charge in [-0.05, 0) is 34.0 Å². The van der Waals surface area contributed by atoms with E-state index in [9.17, 15) is 4.79 Å². The largest absolute Gasteiger partial charge is 0.288 e. The number of aromatic nitrogens is 1. The van der Waals surface area contributed by atoms with E-state index in [2.05, 4.69) is 20.9 Å². The van der Waals surface area contributed by atoms with Gasteiger partial charge in [-0.1, -0.05) is 35.5 Å². The van der Waals surface area contributed by atoms with E-state index in [4.69, 9.17) is 11.6 Å². The lowest BCUT2D eigenvalue weighted by Gasteiger charge is -1.98. The van der Waals surface area contributed by atoms with Crippen LogP contribution in [0.25, 0.3) is 6.08 Å². The molecule has 0 bridgehead atoms. The van der Waals surface area contributed by atoms with Crippen molar-refractivity contribution in [2.24, 2.45) is 0 Å². The fourth-order valence-corrected chi connectivity index (χ4v) is 2.09. The van der Waals surface area contributed by atoms with E-state index in [1.807, 2.05) is 12.2 Å². The second-order valence-corrected chi connectivity index (χ2v) is 5.57. The highest BCUT2D eigenvalue weighted by molar-refractivity contribution is 9.10. The number of rotatable bonds is 4. The molecule has 1 aromatic rings. The van der Waals surface area contributed by atoms with Gasteiger partial charge in [0.1, 0.15) is 5.15 Å². The fourth-order valence-electron chi connectivity index (χ4n) is 1.04. The van der Waals surface area contributed by atoms with Crippen molar-refractivity contribution in [3.8, 4) is 0 Å². The molecule has 0 saturated carbocycles. The highest BCUT2D eigenvalue weighted by Gasteiger charge is 1.97. The van der Waals surface area contributed by atoms with E-state index in [1.54, 1.807) is 19.2 Å². The molecule has 0 N–H and O–H groups in total. The molecule has 0 aliphatic rings. The lowest BCUT2D eigenvalue weighted by atomic mass is 10.2. The second kappa shape index (κ2) is 7.09. The van der Waals surface area contributed by atoms with Crippen molar-refractivity contribution in [1.29, 1.82) is 0 Å². The molecule has 86 valence electrons. The molecule has 0 aliphatic carbocycles. The van der Waals surface area contributed by atoms with Gasteiger partial charge >= 0.3 is 0 Å². The van der Waals surface area contributed by atoms with Crippen molar-refractivity contribution in [3.05, 3.63) is 33.5 Å². The highest BCUT2D eigenvalue weighted by atomic mass is 79.9. The van der Waals surface area contributed by atoms with Crippen molar-refractivity contribution < 1.29 is 4.79 Å². The first-order valence-electron chi connectivity index (χ1n) is 4.70. The summed E-state index contributed by atoms with van der Waals surface area (Å²) in [5.74, 6) is 0.808. The summed E-state index contributed by atoms with van der Waals surface area (Å²) in [5.41, 5.74) is 0.993. The first-order chi connectivity index (χ1) is 7.59. The van der Waals surface area contributed by atoms with Gasteiger partial charge in [0.05, 0.1) is 0 Å². The van der Waals surface area contributed by atoms with E-state index in [1.165, 1.54) is 11.8 Å². The van der Waals surface area contributed by atoms with Crippen LogP contribution in [0.15, 0.2) is 22.8 Å². The monoisotopic (exact) mass is 319 g/mol. The Kier molecular flexibility index (Phi) is 6.09. The Bertz CT molecular complexity index is 409. The Morgan fingerprint density at radius 2 is 2.44 bits per heavy atom. The van der Waals surface area contributed by atoms with Crippen LogP contribution in [-0.2, 0) is 4.79 Å². The number of thioether (sulfide) groups is 1. The predicted molar refractivity (Wildman–Crippen MR) is 73.7 cm³/mol. The first-order valence-corrected chi connectivity index (χ1v) is 6.86. The van der Waals surface area contributed by atoms with Crippen molar-refractivity contribution in [1.82, 2.24) is 4.98 Å². The maximum Gasteiger partial charge on any atom is 0.185 e. The predicted octanol–water partition coefficient (Wildman–Crippen LogP) is 4.18. The molecule has 0 fully saturated rings. The molecule has 0 aliphatic heterocycles. The lowest BCUT2D eigenvalue weighted by molar-refractivity contribution is -0.109. The van der Waals surface area contributed by atoms with E-state index in [-0.39, 0.29) is 5.12 Å². The van der Waals surface area contributed by atoms with Crippen LogP contribution in [0.3, 0.4) is 0 Å². The van der Waals surface area contributed by atoms with Crippen LogP contribution in [0, 0.1) is 0 Å². The van der Waals surface area contributed by atoms with Gasteiger partial charge in [0.2, 0.25) is 0 Å². The Labute approximate surface area is 113 Å². The zero-order valence-electron chi connectivity index (χ0n) is 8.74. The van der Waals surface area contributed by atoms with Crippen LogP contribution in [0.1, 0.15) is 18.9 Å². The second-order valence-electron chi connectivity index (χ2n) is 3.06. The Morgan fingerprint density at radius 1 is 1.69 bits per heavy atom. The van der Waals surface area contributed by atoms with Crippen LogP contribution in [-0.4, -0.2) is 15.9 Å². The first kappa shape index (κ1) is 13.7. The summed E-state index contributed by atoms with van der Waals surface area (Å²) >= 11 is 10.5. The summed E-state index contributed by atoms with van der Waals surface area (Å²) in [5, 5.41) is 0.627. The number of pyridine rings is 1. The van der Waals surface area contributed by atoms with Crippen molar-refractivity contribution >= 4 is 50.5 Å². The van der Waals surface area contributed by atoms with Gasteiger partial charge in [0.25, 0.3) is 0 Å². The maximum absolute atomic E-state index is 10.7. The van der Waals surface area contributed by atoms with Crippen LogP contribution in [0.4, 0.5) is 0 Å². The molecular formula is C11H11BrClNOS. The molecular weight excluding hydrogens is 310 g/mol. The topological polar surface area (TPSA) is 30.0 Å². The summed E-state index contributed by atoms with van der Waals surface area (Å²) in [6, 6.07) is 1.79. The number of carbonyl (C=O) groups is 1. The molecule has 5 heteroatoms. The fraction of sp³-hybridized carbons (Fsp3) is 0.273. The Hall–Kier alpha value is -0.320. The molecule has 0 unspecified atom stereocenters. The van der Waals surface area contributed by atoms with E-state index in [0.717, 1.165) is 22.2 Å². The number of allylic oxidation sites excluding steroid dienone is 1. The summed E-state index contributed by atoms with van der Waals surface area (Å²) in [6.07, 6.45) is 6.52. The van der Waals surface area contributed by atoms with E-state index < -0.39 is 0 Å². The minimum atomic E-state index is 0.154. The van der Waals surface area contributed by atoms with E-state index >= 15 is 0 Å². The van der Waals surface area contributed by atoms with Crippen LogP contribution in [0.2, 0.25) is 5.15 Å². The van der Waals surface area contributed by atoms with Gasteiger partial charge in [-0.2, -0.15) is 0 Å². The average molecular weight is 321 g/mol. The normalized spacial score (nSPS) is 10.9. The molecule has 0 radical (unpaired) electrons. The summed E-state index contributed by atoms with van der Waals surface area (Å²) < 4.78 is 0.910. The third kappa shape index (κ3) is 5.14. The molecule has 2 nitrogen and oxygen atoms in total. The standard InChI is InChI=1S/C11H11BrClNOS/c1-8(15)16-5-3-2-4-9-6-11(13)14-7-10(9)12/h2,4,6-7H,3,5H2,1H3. The molecule has 0 spiro atoms. The van der Waals surface area contributed by atoms with Gasteiger partial charge in [-0.25, -0.2) is 4.98 Å². The van der Waals surface area contributed by atoms with Gasteiger partial charge in [0.15, 0.2) is 5.12 Å². The average Bonchev–Trinajstić information content (AvgIpc) is 2.22. The van der Waals surface area contributed by atoms with Crippen LogP contribution < -0.4 is 0 Å². The highest BCUT2D eigenvalue weighted by Crippen LogP contribution is 2.20. The van der Waals surface area contributed by atoms with Crippen LogP contribution in [0.5, 0.6) is 0 Å². The number of nitrogens with zero attached hydrogens (tertiary/aromatic N) is 1. The van der Waals surface area contributed by atoms with Gasteiger partial charge in [-0.3, -0.25) is 4.79 Å². The summed E-state index contributed by atoms with van der Waals surface area (Å²) in [4.78, 5) is 14.6. The number of hydrogen-bond acceptors (Lipinski definition) is 3. The van der Waals surface area contributed by atoms with Crippen molar-refractivity contribution in [2.45, 2.75) is 13.3 Å². The molecule has 0 saturated heterocycles. The van der Waals surface area contributed by atoms with Gasteiger partial charge < -0.3 is 0 Å². The minimum absolute atomic E-state index is 0.154. The third-order valence-electron chi connectivity index (χ3n) is 1.74. The molecule has 0 aromatic carbocycles. The summed E-state index contributed by atoms with van der Waals surface area (Å²) in [7, 11) is 0. The molecule has 0 atom stereocenters. The molecule has 1 heterocycles. The minimum Gasteiger partial charge on any atom is -0.288 e. The Balaban J connectivity index is 2.49. The molecule has 1 aromatic heterocycles. The molecule has 16 heavy (non-hydrogen) atoms. The third-order valence-corrected chi connectivity index (χ3v) is 3.45. The van der Waals surface area contributed by atoms with Crippen LogP contribution >= 0.6 is 39.3 Å². The maximum atomic E-state index is 10.7. The van der Waals surface area contributed by atoms with Crippen molar-refractivity contribution in [2.75, 3.05) is 5.75 Å². The van der Waals surface area contributed by atoms with E-state index in [0.29, 0.717) is 5.15 Å². The summed E-state index contributed by atoms with van der Waals surface area (Å²) in [6.45, 7) is 1.58. The smallest absolute Gasteiger partial charge is 0.185 e. The Morgan fingerprint density at radius 3 is 3.12 bits per heavy atom. The zero-order valence-corrected chi connectivity index (χ0v) is 11.9. The van der Waals surface area contributed by atoms with Gasteiger partial charge in [0, 0.05) is 23.3 Å². The quantitative estimate of drug-likeness (QED) is 0.616. The lowest BCUT2D eigenvalue weighted by Crippen LogP contribution is -1.84. The zero-order chi connectivity index (χ0) is 12.0.